The number of carbonyl (C=O) groups is 2. The molecule has 1 aliphatic heterocycles. The number of hydrogen-bond donors (Lipinski definition) is 0. The molecule has 5 nitrogen and oxygen atoms in total. The van der Waals surface area contributed by atoms with E-state index in [1.165, 1.54) is 7.11 Å². The smallest absolute Gasteiger partial charge is 0.298 e. The van der Waals surface area contributed by atoms with Gasteiger partial charge >= 0.3 is 0 Å². The van der Waals surface area contributed by atoms with E-state index in [2.05, 4.69) is 6.58 Å². The van der Waals surface area contributed by atoms with Gasteiger partial charge in [0.15, 0.2) is 11.5 Å². The number of methoxy groups -OCH3 is 1. The lowest BCUT2D eigenvalue weighted by atomic mass is 10.0. The van der Waals surface area contributed by atoms with E-state index in [0.717, 1.165) is 27.8 Å². The summed E-state index contributed by atoms with van der Waals surface area (Å²) in [6, 6.07) is 15.5. The van der Waals surface area contributed by atoms with Crippen LogP contribution >= 0.6 is 46.6 Å². The van der Waals surface area contributed by atoms with Crippen molar-refractivity contribution in [2.24, 2.45) is 0 Å². The van der Waals surface area contributed by atoms with Crippen molar-refractivity contribution < 1.29 is 19.1 Å². The van der Waals surface area contributed by atoms with Crippen molar-refractivity contribution in [3.05, 3.63) is 104 Å². The highest BCUT2D eigenvalue weighted by Crippen LogP contribution is 2.39. The minimum atomic E-state index is -0.420. The predicted molar refractivity (Wildman–Crippen MR) is 148 cm³/mol. The predicted octanol–water partition coefficient (Wildman–Crippen LogP) is 8.20. The summed E-state index contributed by atoms with van der Waals surface area (Å²) in [5.74, 6) is 0.610. The Kier molecular flexibility index (Phi) is 8.32. The number of ether oxygens (including phenoxy) is 2. The largest absolute Gasteiger partial charge is 0.493 e. The molecule has 0 aromatic heterocycles. The SMILES string of the molecule is C=CCc1cc(/C=C2/SC(=O)N(c3cccc(Cl)c3)C2=O)cc(OC)c1OCc1ccc(Cl)c(Cl)c1. The Balaban J connectivity index is 1.64. The molecular formula is C27H20Cl3NO4S. The maximum Gasteiger partial charge on any atom is 0.298 e. The standard InChI is InChI=1S/C27H20Cl3NO4S/c1-3-5-18-10-17(12-23(34-2)25(18)35-15-16-8-9-21(29)22(30)11-16)13-24-26(32)31(27(33)36-24)20-7-4-6-19(28)14-20/h3-4,6-14H,1,5,15H2,2H3/b24-13+. The summed E-state index contributed by atoms with van der Waals surface area (Å²) < 4.78 is 11.7. The van der Waals surface area contributed by atoms with Gasteiger partial charge in [-0.3, -0.25) is 9.59 Å². The number of allylic oxidation sites excluding steroid dienone is 1. The van der Waals surface area contributed by atoms with Crippen molar-refractivity contribution in [1.82, 2.24) is 0 Å². The van der Waals surface area contributed by atoms with Crippen LogP contribution in [0.25, 0.3) is 6.08 Å². The molecule has 0 unspecified atom stereocenters. The summed E-state index contributed by atoms with van der Waals surface area (Å²) >= 11 is 19.0. The molecule has 1 heterocycles. The third-order valence-corrected chi connectivity index (χ3v) is 7.11. The van der Waals surface area contributed by atoms with Crippen LogP contribution in [-0.2, 0) is 17.8 Å². The van der Waals surface area contributed by atoms with Gasteiger partial charge in [0.1, 0.15) is 6.61 Å². The Hall–Kier alpha value is -2.90. The van der Waals surface area contributed by atoms with Gasteiger partial charge in [-0.15, -0.1) is 6.58 Å². The van der Waals surface area contributed by atoms with E-state index in [9.17, 15) is 9.59 Å². The summed E-state index contributed by atoms with van der Waals surface area (Å²) in [5.41, 5.74) is 2.76. The minimum Gasteiger partial charge on any atom is -0.493 e. The molecule has 1 saturated heterocycles. The molecule has 0 N–H and O–H groups in total. The van der Waals surface area contributed by atoms with Gasteiger partial charge in [0.2, 0.25) is 0 Å². The number of anilines is 1. The average molecular weight is 561 g/mol. The molecule has 9 heteroatoms. The van der Waals surface area contributed by atoms with Crippen LogP contribution in [0, 0.1) is 0 Å². The molecule has 184 valence electrons. The first-order chi connectivity index (χ1) is 17.3. The topological polar surface area (TPSA) is 55.8 Å². The van der Waals surface area contributed by atoms with Gasteiger partial charge in [-0.05, 0) is 77.9 Å². The fourth-order valence-electron chi connectivity index (χ4n) is 3.63. The molecular weight excluding hydrogens is 541 g/mol. The number of imide groups is 1. The van der Waals surface area contributed by atoms with Gasteiger partial charge in [-0.2, -0.15) is 0 Å². The van der Waals surface area contributed by atoms with Crippen LogP contribution in [0.15, 0.2) is 72.2 Å². The third kappa shape index (κ3) is 5.73. The van der Waals surface area contributed by atoms with Crippen molar-refractivity contribution >= 4 is 69.5 Å². The Labute approximate surface area is 228 Å². The second kappa shape index (κ2) is 11.4. The molecule has 0 spiro atoms. The van der Waals surface area contributed by atoms with E-state index >= 15 is 0 Å². The Morgan fingerprint density at radius 3 is 2.53 bits per heavy atom. The fraction of sp³-hybridized carbons (Fsp3) is 0.111. The van der Waals surface area contributed by atoms with Crippen LogP contribution in [0.4, 0.5) is 10.5 Å². The van der Waals surface area contributed by atoms with Crippen LogP contribution in [0.5, 0.6) is 11.5 Å². The monoisotopic (exact) mass is 559 g/mol. The van der Waals surface area contributed by atoms with E-state index in [4.69, 9.17) is 44.3 Å². The van der Waals surface area contributed by atoms with Crippen LogP contribution in [0.3, 0.4) is 0 Å². The van der Waals surface area contributed by atoms with E-state index in [1.807, 2.05) is 12.1 Å². The maximum absolute atomic E-state index is 13.1. The zero-order valence-corrected chi connectivity index (χ0v) is 22.2. The maximum atomic E-state index is 13.1. The molecule has 4 rings (SSSR count). The van der Waals surface area contributed by atoms with Gasteiger partial charge < -0.3 is 9.47 Å². The quantitative estimate of drug-likeness (QED) is 0.205. The van der Waals surface area contributed by atoms with Crippen molar-refractivity contribution in [2.75, 3.05) is 12.0 Å². The van der Waals surface area contributed by atoms with Gasteiger partial charge in [-0.1, -0.05) is 53.0 Å². The first-order valence-corrected chi connectivity index (χ1v) is 12.7. The van der Waals surface area contributed by atoms with E-state index < -0.39 is 11.1 Å². The summed E-state index contributed by atoms with van der Waals surface area (Å²) in [4.78, 5) is 27.1. The summed E-state index contributed by atoms with van der Waals surface area (Å²) in [5, 5.41) is 0.951. The zero-order valence-electron chi connectivity index (χ0n) is 19.1. The molecule has 3 aromatic rings. The second-order valence-electron chi connectivity index (χ2n) is 7.74. The molecule has 0 radical (unpaired) electrons. The minimum absolute atomic E-state index is 0.245. The number of amides is 2. The van der Waals surface area contributed by atoms with Crippen molar-refractivity contribution in [2.45, 2.75) is 13.0 Å². The molecule has 1 fully saturated rings. The van der Waals surface area contributed by atoms with Gasteiger partial charge in [0, 0.05) is 10.6 Å². The summed E-state index contributed by atoms with van der Waals surface area (Å²) in [7, 11) is 1.54. The number of halogens is 3. The van der Waals surface area contributed by atoms with Crippen LogP contribution in [0.2, 0.25) is 15.1 Å². The molecule has 2 amide bonds. The second-order valence-corrected chi connectivity index (χ2v) is 9.98. The highest BCUT2D eigenvalue weighted by Gasteiger charge is 2.36. The lowest BCUT2D eigenvalue weighted by Gasteiger charge is -2.16. The van der Waals surface area contributed by atoms with Crippen LogP contribution in [-0.4, -0.2) is 18.3 Å². The van der Waals surface area contributed by atoms with Crippen molar-refractivity contribution in [1.29, 1.82) is 0 Å². The van der Waals surface area contributed by atoms with E-state index in [1.54, 1.807) is 54.6 Å². The van der Waals surface area contributed by atoms with E-state index in [0.29, 0.717) is 44.2 Å². The number of thioether (sulfide) groups is 1. The highest BCUT2D eigenvalue weighted by molar-refractivity contribution is 8.19. The number of hydrogen-bond acceptors (Lipinski definition) is 5. The van der Waals surface area contributed by atoms with Crippen LogP contribution in [0.1, 0.15) is 16.7 Å². The first-order valence-electron chi connectivity index (χ1n) is 10.7. The first kappa shape index (κ1) is 26.2. The van der Waals surface area contributed by atoms with Crippen molar-refractivity contribution in [3.8, 4) is 11.5 Å². The number of rotatable bonds is 8. The van der Waals surface area contributed by atoms with E-state index in [-0.39, 0.29) is 11.5 Å². The normalized spacial score (nSPS) is 14.4. The number of carbonyl (C=O) groups excluding carboxylic acids is 2. The van der Waals surface area contributed by atoms with Gasteiger partial charge in [-0.25, -0.2) is 4.90 Å². The molecule has 0 saturated carbocycles. The Morgan fingerprint density at radius 2 is 1.83 bits per heavy atom. The summed E-state index contributed by atoms with van der Waals surface area (Å²) in [6.45, 7) is 4.08. The van der Waals surface area contributed by atoms with Crippen LogP contribution < -0.4 is 14.4 Å². The van der Waals surface area contributed by atoms with Crippen molar-refractivity contribution in [3.63, 3.8) is 0 Å². The molecule has 0 aliphatic carbocycles. The highest BCUT2D eigenvalue weighted by atomic mass is 35.5. The zero-order chi connectivity index (χ0) is 25.8. The number of benzene rings is 3. The number of nitrogens with zero attached hydrogens (tertiary/aromatic N) is 1. The molecule has 0 bridgehead atoms. The molecule has 0 atom stereocenters. The molecule has 36 heavy (non-hydrogen) atoms. The van der Waals surface area contributed by atoms with Gasteiger partial charge in [0.25, 0.3) is 11.1 Å². The average Bonchev–Trinajstić information content (AvgIpc) is 3.12. The third-order valence-electron chi connectivity index (χ3n) is 5.26. The lowest BCUT2D eigenvalue weighted by Crippen LogP contribution is -2.27. The lowest BCUT2D eigenvalue weighted by molar-refractivity contribution is -0.113. The summed E-state index contributed by atoms with van der Waals surface area (Å²) in [6.07, 6.45) is 3.91. The molecule has 3 aromatic carbocycles. The fourth-order valence-corrected chi connectivity index (χ4v) is 4.98. The molecule has 1 aliphatic rings. The Morgan fingerprint density at radius 1 is 1.03 bits per heavy atom. The van der Waals surface area contributed by atoms with Gasteiger partial charge in [0.05, 0.1) is 27.7 Å². The Bertz CT molecular complexity index is 1390.